The van der Waals surface area contributed by atoms with Crippen molar-refractivity contribution in [2.45, 2.75) is 83.0 Å². The third kappa shape index (κ3) is 3.83. The smallest absolute Gasteiger partial charge is 0.227 e. The molecule has 2 heteroatoms. The molecule has 0 saturated heterocycles. The first kappa shape index (κ1) is 16.9. The summed E-state index contributed by atoms with van der Waals surface area (Å²) in [6.07, 6.45) is 15.2. The molecule has 25 heavy (non-hydrogen) atoms. The Morgan fingerprint density at radius 1 is 0.800 bits per heavy atom. The largest absolute Gasteiger partial charge is 0.326 e. The Hall–Kier alpha value is -1.57. The maximum Gasteiger partial charge on any atom is 0.227 e. The lowest BCUT2D eigenvalue weighted by molar-refractivity contribution is -0.120. The predicted molar refractivity (Wildman–Crippen MR) is 104 cm³/mol. The number of allylic oxidation sites excluding steroid dienone is 2. The summed E-state index contributed by atoms with van der Waals surface area (Å²) < 4.78 is 0. The van der Waals surface area contributed by atoms with E-state index in [4.69, 9.17) is 0 Å². The Labute approximate surface area is 152 Å². The standard InChI is InChI=1S/C23H31NO/c25-23(19-8-2-1-3-9-19)24-20-15-13-18(14-16-20)22-12-6-10-17-7-4-5-11-21(17)22/h13-16,19,22H,1-12H2,(H,24,25). The van der Waals surface area contributed by atoms with Crippen molar-refractivity contribution >= 4 is 11.6 Å². The number of hydrogen-bond donors (Lipinski definition) is 1. The molecule has 1 saturated carbocycles. The molecular formula is C23H31NO. The fraction of sp³-hybridized carbons (Fsp3) is 0.609. The van der Waals surface area contributed by atoms with Gasteiger partial charge in [0.1, 0.15) is 0 Å². The van der Waals surface area contributed by atoms with E-state index in [2.05, 4.69) is 29.6 Å². The van der Waals surface area contributed by atoms with Gasteiger partial charge in [0.2, 0.25) is 5.91 Å². The van der Waals surface area contributed by atoms with E-state index in [1.807, 2.05) is 0 Å². The van der Waals surface area contributed by atoms with Gasteiger partial charge in [-0.05, 0) is 75.5 Å². The Morgan fingerprint density at radius 3 is 2.32 bits per heavy atom. The normalized spacial score (nSPS) is 24.7. The van der Waals surface area contributed by atoms with Crippen LogP contribution in [0.15, 0.2) is 35.4 Å². The SMILES string of the molecule is O=C(Nc1ccc(C2CCCC3=C2CCCC3)cc1)C1CCCCC1. The predicted octanol–water partition coefficient (Wildman–Crippen LogP) is 6.34. The topological polar surface area (TPSA) is 29.1 Å². The molecule has 0 bridgehead atoms. The van der Waals surface area contributed by atoms with Crippen molar-refractivity contribution in [1.82, 2.24) is 0 Å². The zero-order valence-electron chi connectivity index (χ0n) is 15.4. The van der Waals surface area contributed by atoms with E-state index in [9.17, 15) is 4.79 Å². The molecule has 0 aromatic heterocycles. The molecule has 1 N–H and O–H groups in total. The number of anilines is 1. The molecule has 0 aliphatic heterocycles. The second-order valence-electron chi connectivity index (χ2n) is 8.23. The fourth-order valence-corrected chi connectivity index (χ4v) is 5.17. The lowest BCUT2D eigenvalue weighted by atomic mass is 9.73. The molecule has 1 fully saturated rings. The highest BCUT2D eigenvalue weighted by Crippen LogP contribution is 2.44. The Balaban J connectivity index is 1.44. The van der Waals surface area contributed by atoms with Crippen LogP contribution in [-0.4, -0.2) is 5.91 Å². The van der Waals surface area contributed by atoms with Crippen molar-refractivity contribution < 1.29 is 4.79 Å². The molecule has 1 unspecified atom stereocenters. The summed E-state index contributed by atoms with van der Waals surface area (Å²) in [6, 6.07) is 8.75. The number of nitrogens with one attached hydrogen (secondary N) is 1. The molecule has 134 valence electrons. The molecule has 4 rings (SSSR count). The highest BCUT2D eigenvalue weighted by Gasteiger charge is 2.26. The van der Waals surface area contributed by atoms with E-state index < -0.39 is 0 Å². The van der Waals surface area contributed by atoms with Gasteiger partial charge in [-0.2, -0.15) is 0 Å². The van der Waals surface area contributed by atoms with Gasteiger partial charge in [-0.15, -0.1) is 0 Å². The van der Waals surface area contributed by atoms with Crippen LogP contribution in [0.5, 0.6) is 0 Å². The lowest BCUT2D eigenvalue weighted by Crippen LogP contribution is -2.24. The van der Waals surface area contributed by atoms with Crippen molar-refractivity contribution in [3.05, 3.63) is 41.0 Å². The van der Waals surface area contributed by atoms with Crippen LogP contribution in [0.25, 0.3) is 0 Å². The van der Waals surface area contributed by atoms with E-state index in [-0.39, 0.29) is 11.8 Å². The Kier molecular flexibility index (Phi) is 5.24. The van der Waals surface area contributed by atoms with Gasteiger partial charge in [-0.3, -0.25) is 4.79 Å². The highest BCUT2D eigenvalue weighted by molar-refractivity contribution is 5.92. The van der Waals surface area contributed by atoms with Crippen LogP contribution in [0.3, 0.4) is 0 Å². The van der Waals surface area contributed by atoms with Gasteiger partial charge < -0.3 is 5.32 Å². The van der Waals surface area contributed by atoms with E-state index >= 15 is 0 Å². The minimum absolute atomic E-state index is 0.224. The van der Waals surface area contributed by atoms with Crippen molar-refractivity contribution in [3.63, 3.8) is 0 Å². The van der Waals surface area contributed by atoms with Crippen LogP contribution >= 0.6 is 0 Å². The molecule has 3 aliphatic carbocycles. The molecule has 0 heterocycles. The number of benzene rings is 1. The van der Waals surface area contributed by atoms with Crippen LogP contribution < -0.4 is 5.32 Å². The fourth-order valence-electron chi connectivity index (χ4n) is 5.17. The number of carbonyl (C=O) groups is 1. The minimum atomic E-state index is 0.224. The van der Waals surface area contributed by atoms with Crippen LogP contribution in [0.4, 0.5) is 5.69 Å². The molecule has 3 aliphatic rings. The summed E-state index contributed by atoms with van der Waals surface area (Å²) in [5.41, 5.74) is 5.92. The Morgan fingerprint density at radius 2 is 1.52 bits per heavy atom. The van der Waals surface area contributed by atoms with Gasteiger partial charge in [0.15, 0.2) is 0 Å². The monoisotopic (exact) mass is 337 g/mol. The Bertz CT molecular complexity index is 633. The molecule has 0 radical (unpaired) electrons. The van der Waals surface area contributed by atoms with Gasteiger partial charge in [-0.25, -0.2) is 0 Å². The number of carbonyl (C=O) groups excluding carboxylic acids is 1. The third-order valence-electron chi connectivity index (χ3n) is 6.58. The minimum Gasteiger partial charge on any atom is -0.326 e. The second kappa shape index (κ2) is 7.76. The van der Waals surface area contributed by atoms with Crippen molar-refractivity contribution in [3.8, 4) is 0 Å². The molecule has 2 nitrogen and oxygen atoms in total. The van der Waals surface area contributed by atoms with Gasteiger partial charge in [0.05, 0.1) is 0 Å². The van der Waals surface area contributed by atoms with Gasteiger partial charge >= 0.3 is 0 Å². The number of rotatable bonds is 3. The summed E-state index contributed by atoms with van der Waals surface area (Å²) in [5, 5.41) is 3.15. The molecule has 1 aromatic rings. The van der Waals surface area contributed by atoms with E-state index in [1.165, 1.54) is 69.8 Å². The molecule has 1 atom stereocenters. The van der Waals surface area contributed by atoms with Gasteiger partial charge in [-0.1, -0.05) is 42.5 Å². The number of hydrogen-bond acceptors (Lipinski definition) is 1. The van der Waals surface area contributed by atoms with E-state index in [0.29, 0.717) is 5.92 Å². The first-order valence-corrected chi connectivity index (χ1v) is 10.4. The second-order valence-corrected chi connectivity index (χ2v) is 8.23. The van der Waals surface area contributed by atoms with Crippen LogP contribution in [0.2, 0.25) is 0 Å². The van der Waals surface area contributed by atoms with E-state index in [0.717, 1.165) is 18.5 Å². The molecule has 1 aromatic carbocycles. The maximum absolute atomic E-state index is 12.4. The molecule has 1 amide bonds. The summed E-state index contributed by atoms with van der Waals surface area (Å²) in [7, 11) is 0. The summed E-state index contributed by atoms with van der Waals surface area (Å²) in [5.74, 6) is 1.08. The van der Waals surface area contributed by atoms with Crippen molar-refractivity contribution in [2.24, 2.45) is 5.92 Å². The summed E-state index contributed by atoms with van der Waals surface area (Å²) in [6.45, 7) is 0. The summed E-state index contributed by atoms with van der Waals surface area (Å²) >= 11 is 0. The zero-order chi connectivity index (χ0) is 17.1. The van der Waals surface area contributed by atoms with E-state index in [1.54, 1.807) is 11.1 Å². The average molecular weight is 338 g/mol. The molecule has 0 spiro atoms. The zero-order valence-corrected chi connectivity index (χ0v) is 15.4. The van der Waals surface area contributed by atoms with Gasteiger partial charge in [0, 0.05) is 17.5 Å². The van der Waals surface area contributed by atoms with Crippen LogP contribution in [-0.2, 0) is 4.79 Å². The lowest BCUT2D eigenvalue weighted by Gasteiger charge is -2.32. The van der Waals surface area contributed by atoms with Crippen molar-refractivity contribution in [1.29, 1.82) is 0 Å². The third-order valence-corrected chi connectivity index (χ3v) is 6.58. The van der Waals surface area contributed by atoms with Gasteiger partial charge in [0.25, 0.3) is 0 Å². The maximum atomic E-state index is 12.4. The summed E-state index contributed by atoms with van der Waals surface area (Å²) in [4.78, 5) is 12.4. The van der Waals surface area contributed by atoms with Crippen LogP contribution in [0, 0.1) is 5.92 Å². The van der Waals surface area contributed by atoms with Crippen LogP contribution in [0.1, 0.15) is 88.5 Å². The average Bonchev–Trinajstić information content (AvgIpc) is 2.69. The first-order valence-electron chi connectivity index (χ1n) is 10.4. The highest BCUT2D eigenvalue weighted by atomic mass is 16.1. The molecular weight excluding hydrogens is 306 g/mol. The van der Waals surface area contributed by atoms with Crippen molar-refractivity contribution in [2.75, 3.05) is 5.32 Å². The number of amides is 1. The first-order chi connectivity index (χ1) is 12.3. The quantitative estimate of drug-likeness (QED) is 0.640.